The number of hydrogen-bond acceptors (Lipinski definition) is 1. The number of carbonyl (C=O) groups excluding carboxylic acids is 1. The van der Waals surface area contributed by atoms with E-state index in [9.17, 15) is 9.18 Å². The molecule has 1 aliphatic heterocycles. The average molecular weight is 182 g/mol. The summed E-state index contributed by atoms with van der Waals surface area (Å²) in [4.78, 5) is 12.0. The van der Waals surface area contributed by atoms with Crippen LogP contribution in [-0.2, 0) is 13.1 Å². The lowest BCUT2D eigenvalue weighted by atomic mass is 10.1. The van der Waals surface area contributed by atoms with Crippen molar-refractivity contribution in [2.24, 2.45) is 0 Å². The lowest BCUT2D eigenvalue weighted by Gasteiger charge is -2.02. The van der Waals surface area contributed by atoms with Gasteiger partial charge in [-0.25, -0.2) is 9.29 Å². The summed E-state index contributed by atoms with van der Waals surface area (Å²) in [6, 6.07) is 4.77. The molecule has 0 aliphatic carbocycles. The van der Waals surface area contributed by atoms with Crippen molar-refractivity contribution >= 4 is 6.09 Å². The fraction of sp³-hybridized carbons (Fsp3) is 0.222. The van der Waals surface area contributed by atoms with Gasteiger partial charge in [-0.05, 0) is 11.6 Å². The van der Waals surface area contributed by atoms with Crippen LogP contribution in [0.3, 0.4) is 0 Å². The summed E-state index contributed by atoms with van der Waals surface area (Å²) in [5.74, 6) is -0.291. The van der Waals surface area contributed by atoms with Crippen molar-refractivity contribution in [3.8, 4) is 0 Å². The highest BCUT2D eigenvalue weighted by Gasteiger charge is 2.29. The van der Waals surface area contributed by atoms with Gasteiger partial charge in [0.25, 0.3) is 0 Å². The standard InChI is InChI=1S/C9H8FNO2/c10-8-3-1-2-6-4-11(9(12)13)5-7(6)8/h1-3H,4-5H2,(H,12,13)/p+1. The lowest BCUT2D eigenvalue weighted by molar-refractivity contribution is 0.145. The van der Waals surface area contributed by atoms with Gasteiger partial charge in [0.15, 0.2) is 0 Å². The van der Waals surface area contributed by atoms with Crippen LogP contribution in [0, 0.1) is 5.82 Å². The molecule has 1 heterocycles. The zero-order chi connectivity index (χ0) is 9.42. The van der Waals surface area contributed by atoms with Crippen LogP contribution in [0.25, 0.3) is 0 Å². The van der Waals surface area contributed by atoms with Crippen LogP contribution in [0.2, 0.25) is 0 Å². The summed E-state index contributed by atoms with van der Waals surface area (Å²) in [5.41, 5.74) is 1.35. The summed E-state index contributed by atoms with van der Waals surface area (Å²) in [6.45, 7) is 0.583. The van der Waals surface area contributed by atoms with Gasteiger partial charge in [-0.3, -0.25) is 0 Å². The van der Waals surface area contributed by atoms with Gasteiger partial charge in [-0.1, -0.05) is 12.1 Å². The highest BCUT2D eigenvalue weighted by Crippen LogP contribution is 2.24. The Morgan fingerprint density at radius 3 is 2.85 bits per heavy atom. The minimum Gasteiger partial charge on any atom is -0.547 e. The molecule has 0 saturated heterocycles. The monoisotopic (exact) mass is 182 g/mol. The SMILES string of the molecule is O=C([OH2+])N1Cc2cccc(F)c2C1. The summed E-state index contributed by atoms with van der Waals surface area (Å²) in [7, 11) is 0. The van der Waals surface area contributed by atoms with E-state index in [0.717, 1.165) is 5.56 Å². The molecular weight excluding hydrogens is 173 g/mol. The fourth-order valence-corrected chi connectivity index (χ4v) is 1.52. The third-order valence-corrected chi connectivity index (χ3v) is 2.21. The minimum atomic E-state index is -0.754. The van der Waals surface area contributed by atoms with Crippen molar-refractivity contribution in [1.29, 1.82) is 0 Å². The molecule has 0 fully saturated rings. The number of fused-ring (bicyclic) bond motifs is 1. The van der Waals surface area contributed by atoms with Crippen molar-refractivity contribution in [2.75, 3.05) is 0 Å². The van der Waals surface area contributed by atoms with Crippen molar-refractivity contribution in [2.45, 2.75) is 13.1 Å². The van der Waals surface area contributed by atoms with Gasteiger partial charge >= 0.3 is 6.09 Å². The number of benzene rings is 1. The van der Waals surface area contributed by atoms with Gasteiger partial charge in [0.05, 0.1) is 17.9 Å². The maximum absolute atomic E-state index is 13.1. The zero-order valence-electron chi connectivity index (χ0n) is 6.88. The molecule has 13 heavy (non-hydrogen) atoms. The molecule has 2 rings (SSSR count). The van der Waals surface area contributed by atoms with Crippen molar-refractivity contribution in [3.05, 3.63) is 35.1 Å². The molecule has 0 unspecified atom stereocenters. The van der Waals surface area contributed by atoms with E-state index in [1.165, 1.54) is 11.0 Å². The van der Waals surface area contributed by atoms with Gasteiger partial charge in [-0.2, -0.15) is 0 Å². The first-order valence-electron chi connectivity index (χ1n) is 3.95. The predicted molar refractivity (Wildman–Crippen MR) is 44.7 cm³/mol. The Balaban J connectivity index is 2.35. The van der Waals surface area contributed by atoms with E-state index >= 15 is 0 Å². The van der Waals surface area contributed by atoms with Crippen LogP contribution in [0.15, 0.2) is 18.2 Å². The number of hydrogen-bond donors (Lipinski definition) is 0. The normalized spacial score (nSPS) is 14.4. The Bertz CT molecular complexity index is 365. The molecule has 1 aliphatic rings. The summed E-state index contributed by atoms with van der Waals surface area (Å²) < 4.78 is 13.1. The van der Waals surface area contributed by atoms with Crippen molar-refractivity contribution in [1.82, 2.24) is 4.90 Å². The third kappa shape index (κ3) is 1.24. The van der Waals surface area contributed by atoms with E-state index in [-0.39, 0.29) is 12.4 Å². The van der Waals surface area contributed by atoms with E-state index in [2.05, 4.69) is 0 Å². The molecule has 0 atom stereocenters. The second kappa shape index (κ2) is 2.73. The molecule has 0 bridgehead atoms. The Kier molecular flexibility index (Phi) is 1.69. The average Bonchev–Trinajstić information content (AvgIpc) is 2.49. The van der Waals surface area contributed by atoms with Crippen LogP contribution in [-0.4, -0.2) is 16.1 Å². The van der Waals surface area contributed by atoms with Crippen LogP contribution in [0.4, 0.5) is 9.18 Å². The Morgan fingerprint density at radius 1 is 1.46 bits per heavy atom. The largest absolute Gasteiger partial charge is 0.629 e. The quantitative estimate of drug-likeness (QED) is 0.551. The van der Waals surface area contributed by atoms with Crippen LogP contribution < -0.4 is 0 Å². The molecule has 0 spiro atoms. The van der Waals surface area contributed by atoms with Gasteiger partial charge < -0.3 is 5.11 Å². The van der Waals surface area contributed by atoms with E-state index in [1.54, 1.807) is 12.1 Å². The zero-order valence-corrected chi connectivity index (χ0v) is 6.88. The second-order valence-electron chi connectivity index (χ2n) is 3.04. The topological polar surface area (TPSA) is 43.2 Å². The minimum absolute atomic E-state index is 0.227. The molecule has 1 aromatic carbocycles. The van der Waals surface area contributed by atoms with Crippen LogP contribution >= 0.6 is 0 Å². The highest BCUT2D eigenvalue weighted by molar-refractivity contribution is 5.66. The maximum atomic E-state index is 13.1. The number of carbonyl (C=O) groups is 1. The smallest absolute Gasteiger partial charge is 0.547 e. The first kappa shape index (κ1) is 8.04. The number of nitrogens with zero attached hydrogens (tertiary/aromatic N) is 1. The lowest BCUT2D eigenvalue weighted by Crippen LogP contribution is -2.22. The first-order valence-corrected chi connectivity index (χ1v) is 3.95. The van der Waals surface area contributed by atoms with Crippen LogP contribution in [0.1, 0.15) is 11.1 Å². The Morgan fingerprint density at radius 2 is 2.23 bits per heavy atom. The van der Waals surface area contributed by atoms with E-state index in [4.69, 9.17) is 5.11 Å². The van der Waals surface area contributed by atoms with Gasteiger partial charge in [0.2, 0.25) is 0 Å². The number of rotatable bonds is 0. The van der Waals surface area contributed by atoms with E-state index in [0.29, 0.717) is 12.1 Å². The molecular formula is C9H9FNO2+. The van der Waals surface area contributed by atoms with Gasteiger partial charge in [-0.15, -0.1) is 0 Å². The molecule has 1 aromatic rings. The molecule has 0 aromatic heterocycles. The molecule has 0 saturated carbocycles. The molecule has 68 valence electrons. The molecule has 3 nitrogen and oxygen atoms in total. The summed E-state index contributed by atoms with van der Waals surface area (Å²) in [5, 5.41) is 6.89. The second-order valence-corrected chi connectivity index (χ2v) is 3.04. The molecule has 4 heteroatoms. The van der Waals surface area contributed by atoms with Crippen LogP contribution in [0.5, 0.6) is 0 Å². The Hall–Kier alpha value is -1.58. The van der Waals surface area contributed by atoms with Gasteiger partial charge in [0.1, 0.15) is 5.82 Å². The fourth-order valence-electron chi connectivity index (χ4n) is 1.52. The molecule has 1 amide bonds. The first-order chi connectivity index (χ1) is 6.18. The summed E-state index contributed by atoms with van der Waals surface area (Å²) in [6.07, 6.45) is -0.754. The third-order valence-electron chi connectivity index (χ3n) is 2.21. The predicted octanol–water partition coefficient (Wildman–Crippen LogP) is 0.986. The number of amides is 1. The summed E-state index contributed by atoms with van der Waals surface area (Å²) >= 11 is 0. The van der Waals surface area contributed by atoms with E-state index < -0.39 is 6.09 Å². The number of halogens is 1. The van der Waals surface area contributed by atoms with Gasteiger partial charge in [0, 0.05) is 5.56 Å². The Labute approximate surface area is 74.4 Å². The van der Waals surface area contributed by atoms with Crippen molar-refractivity contribution in [3.63, 3.8) is 0 Å². The molecule has 0 radical (unpaired) electrons. The highest BCUT2D eigenvalue weighted by atomic mass is 19.1. The maximum Gasteiger partial charge on any atom is 0.629 e. The van der Waals surface area contributed by atoms with E-state index in [1.807, 2.05) is 0 Å². The molecule has 2 N–H and O–H groups in total. The van der Waals surface area contributed by atoms with Crippen molar-refractivity contribution < 1.29 is 14.3 Å².